The zero-order valence-electron chi connectivity index (χ0n) is 10.3. The van der Waals surface area contributed by atoms with Gasteiger partial charge in [-0.3, -0.25) is 4.79 Å². The molecule has 0 atom stereocenters. The third-order valence-electron chi connectivity index (χ3n) is 3.32. The zero-order valence-corrected chi connectivity index (χ0v) is 11.1. The highest BCUT2D eigenvalue weighted by Crippen LogP contribution is 2.18. The highest BCUT2D eigenvalue weighted by Gasteiger charge is 2.17. The quantitative estimate of drug-likeness (QED) is 0.912. The molecule has 0 unspecified atom stereocenters. The Kier molecular flexibility index (Phi) is 6.30. The molecule has 1 aromatic rings. The van der Waals surface area contributed by atoms with Crippen molar-refractivity contribution in [3.63, 3.8) is 0 Å². The van der Waals surface area contributed by atoms with E-state index in [1.54, 1.807) is 18.2 Å². The van der Waals surface area contributed by atoms with E-state index >= 15 is 0 Å². The molecular formula is C14H19ClFNO. The number of hydrogen-bond donors (Lipinski definition) is 1. The molecule has 1 N–H and O–H groups in total. The van der Waals surface area contributed by atoms with Crippen molar-refractivity contribution >= 4 is 18.2 Å². The van der Waals surface area contributed by atoms with Crippen LogP contribution in [-0.4, -0.2) is 18.9 Å². The van der Waals surface area contributed by atoms with Crippen molar-refractivity contribution in [1.29, 1.82) is 0 Å². The number of carbonyl (C=O) groups is 1. The van der Waals surface area contributed by atoms with E-state index in [0.717, 1.165) is 25.9 Å². The number of carbonyl (C=O) groups excluding carboxylic acids is 1. The number of piperidine rings is 1. The van der Waals surface area contributed by atoms with E-state index in [9.17, 15) is 9.18 Å². The van der Waals surface area contributed by atoms with Gasteiger partial charge < -0.3 is 5.32 Å². The summed E-state index contributed by atoms with van der Waals surface area (Å²) in [6.07, 6.45) is 2.94. The lowest BCUT2D eigenvalue weighted by molar-refractivity contribution is -0.119. The van der Waals surface area contributed by atoms with Crippen LogP contribution < -0.4 is 5.32 Å². The first-order chi connectivity index (χ1) is 8.25. The summed E-state index contributed by atoms with van der Waals surface area (Å²) < 4.78 is 13.4. The first-order valence-electron chi connectivity index (χ1n) is 6.21. The minimum Gasteiger partial charge on any atom is -0.317 e. The standard InChI is InChI=1S/C14H18FNO.ClH/c15-14-4-2-1-3-12(14)10-13(17)9-11-5-7-16-8-6-11;/h1-4,11,16H,5-10H2;1H. The van der Waals surface area contributed by atoms with Crippen molar-refractivity contribution in [3.8, 4) is 0 Å². The maximum atomic E-state index is 13.4. The molecule has 1 heterocycles. The molecule has 2 rings (SSSR count). The predicted molar refractivity (Wildman–Crippen MR) is 72.6 cm³/mol. The molecule has 0 aliphatic carbocycles. The lowest BCUT2D eigenvalue weighted by Crippen LogP contribution is -2.29. The minimum absolute atomic E-state index is 0. The lowest BCUT2D eigenvalue weighted by Gasteiger charge is -2.21. The van der Waals surface area contributed by atoms with Gasteiger partial charge in [0, 0.05) is 12.8 Å². The van der Waals surface area contributed by atoms with Crippen LogP contribution in [0, 0.1) is 11.7 Å². The molecule has 0 aromatic heterocycles. The number of benzene rings is 1. The zero-order chi connectivity index (χ0) is 12.1. The first-order valence-corrected chi connectivity index (χ1v) is 6.21. The lowest BCUT2D eigenvalue weighted by atomic mass is 9.91. The van der Waals surface area contributed by atoms with Crippen LogP contribution in [0.3, 0.4) is 0 Å². The van der Waals surface area contributed by atoms with Gasteiger partial charge in [-0.15, -0.1) is 12.4 Å². The SMILES string of the molecule is Cl.O=C(Cc1ccccc1F)CC1CCNCC1. The molecule has 2 nitrogen and oxygen atoms in total. The van der Waals surface area contributed by atoms with Crippen molar-refractivity contribution in [2.75, 3.05) is 13.1 Å². The number of halogens is 2. The maximum absolute atomic E-state index is 13.4. The second-order valence-electron chi connectivity index (χ2n) is 4.70. The Morgan fingerprint density at radius 2 is 1.94 bits per heavy atom. The summed E-state index contributed by atoms with van der Waals surface area (Å²) in [5.41, 5.74) is 0.520. The Labute approximate surface area is 113 Å². The average molecular weight is 272 g/mol. The molecule has 0 radical (unpaired) electrons. The Morgan fingerprint density at radius 3 is 2.61 bits per heavy atom. The monoisotopic (exact) mass is 271 g/mol. The highest BCUT2D eigenvalue weighted by atomic mass is 35.5. The van der Waals surface area contributed by atoms with Gasteiger partial charge in [-0.1, -0.05) is 18.2 Å². The topological polar surface area (TPSA) is 29.1 Å². The molecule has 4 heteroatoms. The van der Waals surface area contributed by atoms with Crippen LogP contribution >= 0.6 is 12.4 Å². The van der Waals surface area contributed by atoms with Crippen molar-refractivity contribution in [2.45, 2.75) is 25.7 Å². The molecule has 0 saturated carbocycles. The van der Waals surface area contributed by atoms with Crippen LogP contribution in [0.25, 0.3) is 0 Å². The van der Waals surface area contributed by atoms with Gasteiger partial charge in [-0.25, -0.2) is 4.39 Å². The van der Waals surface area contributed by atoms with Crippen LogP contribution in [0.4, 0.5) is 4.39 Å². The third kappa shape index (κ3) is 4.39. The van der Waals surface area contributed by atoms with Crippen molar-refractivity contribution in [3.05, 3.63) is 35.6 Å². The van der Waals surface area contributed by atoms with Crippen LogP contribution in [-0.2, 0) is 11.2 Å². The maximum Gasteiger partial charge on any atom is 0.137 e. The Morgan fingerprint density at radius 1 is 1.28 bits per heavy atom. The van der Waals surface area contributed by atoms with Gasteiger partial charge in [0.15, 0.2) is 0 Å². The molecule has 1 aliphatic rings. The van der Waals surface area contributed by atoms with Crippen molar-refractivity contribution in [2.24, 2.45) is 5.92 Å². The molecule has 100 valence electrons. The molecule has 0 spiro atoms. The normalized spacial score (nSPS) is 16.1. The minimum atomic E-state index is -0.272. The number of Topliss-reactive ketones (excluding diaryl/α,β-unsaturated/α-hetero) is 1. The molecule has 1 fully saturated rings. The van der Waals surface area contributed by atoms with Crippen LogP contribution in [0.1, 0.15) is 24.8 Å². The summed E-state index contributed by atoms with van der Waals surface area (Å²) in [6, 6.07) is 6.52. The predicted octanol–water partition coefficient (Wildman–Crippen LogP) is 2.75. The number of rotatable bonds is 4. The van der Waals surface area contributed by atoms with E-state index in [0.29, 0.717) is 17.9 Å². The summed E-state index contributed by atoms with van der Waals surface area (Å²) in [7, 11) is 0. The van der Waals surface area contributed by atoms with E-state index in [1.807, 2.05) is 0 Å². The van der Waals surface area contributed by atoms with Crippen LogP contribution in [0.2, 0.25) is 0 Å². The molecule has 18 heavy (non-hydrogen) atoms. The van der Waals surface area contributed by atoms with E-state index in [2.05, 4.69) is 5.32 Å². The van der Waals surface area contributed by atoms with Gasteiger partial charge in [-0.2, -0.15) is 0 Å². The van der Waals surface area contributed by atoms with Crippen molar-refractivity contribution in [1.82, 2.24) is 5.32 Å². The van der Waals surface area contributed by atoms with Gasteiger partial charge in [0.25, 0.3) is 0 Å². The summed E-state index contributed by atoms with van der Waals surface area (Å²) in [5, 5.41) is 3.28. The summed E-state index contributed by atoms with van der Waals surface area (Å²) in [4.78, 5) is 11.8. The Hall–Kier alpha value is -0.930. The highest BCUT2D eigenvalue weighted by molar-refractivity contribution is 5.85. The van der Waals surface area contributed by atoms with Gasteiger partial charge in [0.1, 0.15) is 11.6 Å². The fourth-order valence-electron chi connectivity index (χ4n) is 2.33. The van der Waals surface area contributed by atoms with Crippen LogP contribution in [0.5, 0.6) is 0 Å². The summed E-state index contributed by atoms with van der Waals surface area (Å²) >= 11 is 0. The Balaban J connectivity index is 0.00000162. The van der Waals surface area contributed by atoms with E-state index < -0.39 is 0 Å². The third-order valence-corrected chi connectivity index (χ3v) is 3.32. The van der Waals surface area contributed by atoms with Gasteiger partial charge in [-0.05, 0) is 43.5 Å². The second-order valence-corrected chi connectivity index (χ2v) is 4.70. The smallest absolute Gasteiger partial charge is 0.137 e. The van der Waals surface area contributed by atoms with Gasteiger partial charge in [0.2, 0.25) is 0 Å². The van der Waals surface area contributed by atoms with Crippen molar-refractivity contribution < 1.29 is 9.18 Å². The average Bonchev–Trinajstić information content (AvgIpc) is 2.33. The fraction of sp³-hybridized carbons (Fsp3) is 0.500. The molecule has 0 amide bonds. The molecule has 1 saturated heterocycles. The fourth-order valence-corrected chi connectivity index (χ4v) is 2.33. The van der Waals surface area contributed by atoms with Gasteiger partial charge >= 0.3 is 0 Å². The van der Waals surface area contributed by atoms with E-state index in [1.165, 1.54) is 6.07 Å². The number of ketones is 1. The van der Waals surface area contributed by atoms with E-state index in [-0.39, 0.29) is 30.4 Å². The van der Waals surface area contributed by atoms with Gasteiger partial charge in [0.05, 0.1) is 0 Å². The number of nitrogens with one attached hydrogen (secondary N) is 1. The van der Waals surface area contributed by atoms with E-state index in [4.69, 9.17) is 0 Å². The summed E-state index contributed by atoms with van der Waals surface area (Å²) in [6.45, 7) is 2.00. The largest absolute Gasteiger partial charge is 0.317 e. The van der Waals surface area contributed by atoms with Crippen LogP contribution in [0.15, 0.2) is 24.3 Å². The first kappa shape index (κ1) is 15.1. The molecule has 1 aromatic carbocycles. The summed E-state index contributed by atoms with van der Waals surface area (Å²) in [5.74, 6) is 0.365. The Bertz CT molecular complexity index is 391. The molecule has 0 bridgehead atoms. The molecule has 1 aliphatic heterocycles. The number of hydrogen-bond acceptors (Lipinski definition) is 2. The molecular weight excluding hydrogens is 253 g/mol. The second kappa shape index (κ2) is 7.49.